The lowest BCUT2D eigenvalue weighted by molar-refractivity contribution is 0.584. The number of aromatic nitrogens is 1. The molecule has 0 atom stereocenters. The minimum atomic E-state index is -3.18. The van der Waals surface area contributed by atoms with Crippen molar-refractivity contribution in [3.8, 4) is 0 Å². The fraction of sp³-hybridized carbons (Fsp3) is 0.500. The normalized spacial score (nSPS) is 11.5. The fourth-order valence-electron chi connectivity index (χ4n) is 1.26. The van der Waals surface area contributed by atoms with E-state index >= 15 is 0 Å². The Morgan fingerprint density at radius 3 is 2.82 bits per heavy atom. The molecule has 5 nitrogen and oxygen atoms in total. The Morgan fingerprint density at radius 2 is 2.18 bits per heavy atom. The van der Waals surface area contributed by atoms with Gasteiger partial charge in [0, 0.05) is 19.3 Å². The minimum absolute atomic E-state index is 0.0307. The first-order chi connectivity index (χ1) is 7.96. The topological polar surface area (TPSA) is 71.1 Å². The van der Waals surface area contributed by atoms with Gasteiger partial charge < -0.3 is 5.32 Å². The lowest BCUT2D eigenvalue weighted by Gasteiger charge is -2.09. The third-order valence-electron chi connectivity index (χ3n) is 2.11. The van der Waals surface area contributed by atoms with Crippen molar-refractivity contribution in [1.82, 2.24) is 9.71 Å². The molecule has 0 saturated heterocycles. The Labute approximate surface area is 110 Å². The van der Waals surface area contributed by atoms with Crippen LogP contribution in [-0.4, -0.2) is 32.2 Å². The van der Waals surface area contributed by atoms with Crippen molar-refractivity contribution in [1.29, 1.82) is 0 Å². The van der Waals surface area contributed by atoms with E-state index in [9.17, 15) is 8.42 Å². The second-order valence-electron chi connectivity index (χ2n) is 3.53. The first-order valence-electron chi connectivity index (χ1n) is 5.28. The van der Waals surface area contributed by atoms with Crippen LogP contribution in [0.2, 0.25) is 0 Å². The number of anilines is 1. The zero-order chi connectivity index (χ0) is 12.9. The highest BCUT2D eigenvalue weighted by Gasteiger charge is 2.09. The average Bonchev–Trinajstić information content (AvgIpc) is 2.24. The van der Waals surface area contributed by atoms with Crippen molar-refractivity contribution < 1.29 is 8.42 Å². The molecule has 1 heterocycles. The van der Waals surface area contributed by atoms with E-state index in [2.05, 4.69) is 31.0 Å². The van der Waals surface area contributed by atoms with Gasteiger partial charge in [0.15, 0.2) is 0 Å². The molecule has 2 N–H and O–H groups in total. The maximum absolute atomic E-state index is 11.4. The molecule has 0 fully saturated rings. The number of halogens is 1. The summed E-state index contributed by atoms with van der Waals surface area (Å²) >= 11 is 3.40. The molecule has 1 aromatic rings. The molecule has 1 aromatic heterocycles. The quantitative estimate of drug-likeness (QED) is 0.833. The molecular weight excluding hydrogens is 306 g/mol. The summed E-state index contributed by atoms with van der Waals surface area (Å²) in [5.74, 6) is 0.694. The summed E-state index contributed by atoms with van der Waals surface area (Å²) in [6, 6.07) is 1.88. The van der Waals surface area contributed by atoms with Crippen molar-refractivity contribution in [2.45, 2.75) is 13.8 Å². The van der Waals surface area contributed by atoms with Crippen LogP contribution in [0.4, 0.5) is 5.82 Å². The van der Waals surface area contributed by atoms with E-state index < -0.39 is 10.0 Å². The van der Waals surface area contributed by atoms with Gasteiger partial charge in [-0.05, 0) is 34.5 Å². The van der Waals surface area contributed by atoms with Crippen LogP contribution in [0.3, 0.4) is 0 Å². The van der Waals surface area contributed by atoms with E-state index in [-0.39, 0.29) is 5.75 Å². The predicted octanol–water partition coefficient (Wildman–Crippen LogP) is 1.50. The molecule has 0 unspecified atom stereocenters. The largest absolute Gasteiger partial charge is 0.368 e. The zero-order valence-electron chi connectivity index (χ0n) is 9.83. The van der Waals surface area contributed by atoms with Gasteiger partial charge in [0.25, 0.3) is 0 Å². The molecule has 0 aliphatic carbocycles. The van der Waals surface area contributed by atoms with Crippen LogP contribution in [0.25, 0.3) is 0 Å². The third-order valence-corrected chi connectivity index (χ3v) is 4.58. The van der Waals surface area contributed by atoms with E-state index in [1.165, 1.54) is 0 Å². The smallest absolute Gasteiger partial charge is 0.213 e. The fourth-order valence-corrected chi connectivity index (χ4v) is 2.59. The molecule has 0 saturated carbocycles. The monoisotopic (exact) mass is 321 g/mol. The van der Waals surface area contributed by atoms with Crippen molar-refractivity contribution in [2.24, 2.45) is 0 Å². The molecule has 0 aliphatic rings. The molecule has 1 rings (SSSR count). The van der Waals surface area contributed by atoms with E-state index in [4.69, 9.17) is 0 Å². The molecule has 7 heteroatoms. The molecule has 96 valence electrons. The van der Waals surface area contributed by atoms with Gasteiger partial charge in [-0.2, -0.15) is 0 Å². The van der Waals surface area contributed by atoms with Crippen LogP contribution in [0.1, 0.15) is 12.5 Å². The van der Waals surface area contributed by atoms with Crippen LogP contribution in [0, 0.1) is 6.92 Å². The zero-order valence-corrected chi connectivity index (χ0v) is 12.2. The van der Waals surface area contributed by atoms with Crippen molar-refractivity contribution >= 4 is 31.8 Å². The molecule has 0 amide bonds. The maximum Gasteiger partial charge on any atom is 0.213 e. The van der Waals surface area contributed by atoms with Crippen LogP contribution in [-0.2, 0) is 10.0 Å². The van der Waals surface area contributed by atoms with E-state index in [1.54, 1.807) is 13.1 Å². The van der Waals surface area contributed by atoms with Gasteiger partial charge in [-0.1, -0.05) is 6.92 Å². The Bertz CT molecular complexity index is 476. The number of sulfonamides is 1. The standard InChI is InChI=1S/C10H16BrN3O2S/c1-3-14-17(15,16)7-6-13-10-9(11)8(2)4-5-12-10/h4-5,14H,3,6-7H2,1-2H3,(H,12,13). The Morgan fingerprint density at radius 1 is 1.47 bits per heavy atom. The number of aryl methyl sites for hydroxylation is 1. The predicted molar refractivity (Wildman–Crippen MR) is 72.6 cm³/mol. The van der Waals surface area contributed by atoms with Gasteiger partial charge in [0.2, 0.25) is 10.0 Å². The minimum Gasteiger partial charge on any atom is -0.368 e. The van der Waals surface area contributed by atoms with E-state index in [0.29, 0.717) is 18.9 Å². The van der Waals surface area contributed by atoms with Gasteiger partial charge in [-0.25, -0.2) is 18.1 Å². The summed E-state index contributed by atoms with van der Waals surface area (Å²) in [5, 5.41) is 2.99. The molecular formula is C10H16BrN3O2S. The average molecular weight is 322 g/mol. The summed E-state index contributed by atoms with van der Waals surface area (Å²) in [6.07, 6.45) is 1.68. The molecule has 0 aromatic carbocycles. The third kappa shape index (κ3) is 4.61. The van der Waals surface area contributed by atoms with Crippen LogP contribution < -0.4 is 10.0 Å². The van der Waals surface area contributed by atoms with Gasteiger partial charge in [-0.3, -0.25) is 0 Å². The lowest BCUT2D eigenvalue weighted by Crippen LogP contribution is -2.29. The number of hydrogen-bond donors (Lipinski definition) is 2. The molecule has 0 bridgehead atoms. The lowest BCUT2D eigenvalue weighted by atomic mass is 10.3. The first kappa shape index (κ1) is 14.4. The SMILES string of the molecule is CCNS(=O)(=O)CCNc1nccc(C)c1Br. The summed E-state index contributed by atoms with van der Waals surface area (Å²) in [6.45, 7) is 4.44. The highest BCUT2D eigenvalue weighted by molar-refractivity contribution is 9.10. The van der Waals surface area contributed by atoms with Gasteiger partial charge in [0.05, 0.1) is 10.2 Å². The first-order valence-corrected chi connectivity index (χ1v) is 7.73. The van der Waals surface area contributed by atoms with Crippen molar-refractivity contribution in [3.63, 3.8) is 0 Å². The summed E-state index contributed by atoms with van der Waals surface area (Å²) < 4.78 is 26.1. The van der Waals surface area contributed by atoms with Crippen molar-refractivity contribution in [3.05, 3.63) is 22.3 Å². The molecule has 0 aliphatic heterocycles. The van der Waals surface area contributed by atoms with Crippen LogP contribution in [0.5, 0.6) is 0 Å². The van der Waals surface area contributed by atoms with Crippen LogP contribution >= 0.6 is 15.9 Å². The van der Waals surface area contributed by atoms with Crippen LogP contribution in [0.15, 0.2) is 16.7 Å². The second kappa shape index (κ2) is 6.32. The second-order valence-corrected chi connectivity index (χ2v) is 6.25. The van der Waals surface area contributed by atoms with Gasteiger partial charge in [-0.15, -0.1) is 0 Å². The number of nitrogens with zero attached hydrogens (tertiary/aromatic N) is 1. The summed E-state index contributed by atoms with van der Waals surface area (Å²) in [5.41, 5.74) is 1.05. The highest BCUT2D eigenvalue weighted by Crippen LogP contribution is 2.22. The van der Waals surface area contributed by atoms with Crippen molar-refractivity contribution in [2.75, 3.05) is 24.2 Å². The number of pyridine rings is 1. The molecule has 0 spiro atoms. The van der Waals surface area contributed by atoms with E-state index in [0.717, 1.165) is 10.0 Å². The van der Waals surface area contributed by atoms with E-state index in [1.807, 2.05) is 13.0 Å². The Kier molecular flexibility index (Phi) is 5.35. The molecule has 0 radical (unpaired) electrons. The van der Waals surface area contributed by atoms with Gasteiger partial charge >= 0.3 is 0 Å². The summed E-state index contributed by atoms with van der Waals surface area (Å²) in [4.78, 5) is 4.13. The highest BCUT2D eigenvalue weighted by atomic mass is 79.9. The summed E-state index contributed by atoms with van der Waals surface area (Å²) in [7, 11) is -3.18. The maximum atomic E-state index is 11.4. The van der Waals surface area contributed by atoms with Gasteiger partial charge in [0.1, 0.15) is 5.82 Å². The Hall–Kier alpha value is -0.660. The molecule has 17 heavy (non-hydrogen) atoms. The number of rotatable bonds is 6. The number of hydrogen-bond acceptors (Lipinski definition) is 4. The Balaban J connectivity index is 2.55. The number of nitrogens with one attached hydrogen (secondary N) is 2.